The molecule has 5 heteroatoms. The number of aliphatic hydroxyl groups is 1. The van der Waals surface area contributed by atoms with Crippen LogP contribution in [0.1, 0.15) is 36.0 Å². The second-order valence-corrected chi connectivity index (χ2v) is 5.23. The number of hydrogen-bond donors (Lipinski definition) is 2. The minimum absolute atomic E-state index is 0.0586. The van der Waals surface area contributed by atoms with Crippen molar-refractivity contribution in [2.24, 2.45) is 0 Å². The van der Waals surface area contributed by atoms with Gasteiger partial charge in [0.25, 0.3) is 5.91 Å². The van der Waals surface area contributed by atoms with E-state index in [2.05, 4.69) is 10.3 Å². The number of anilines is 1. The lowest BCUT2D eigenvalue weighted by molar-refractivity contribution is 0.0827. The number of nitrogens with zero attached hydrogens (tertiary/aromatic N) is 2. The van der Waals surface area contributed by atoms with Crippen LogP contribution in [-0.4, -0.2) is 47.1 Å². The highest BCUT2D eigenvalue weighted by Gasteiger charge is 2.23. The van der Waals surface area contributed by atoms with Crippen LogP contribution < -0.4 is 5.32 Å². The summed E-state index contributed by atoms with van der Waals surface area (Å²) in [7, 11) is 3.43. The zero-order chi connectivity index (χ0) is 13.8. The molecule has 0 aromatic carbocycles. The van der Waals surface area contributed by atoms with Crippen molar-refractivity contribution in [2.75, 3.05) is 19.4 Å². The SMILES string of the molecule is CN(C)C(=O)c1ccc(N[C@H]2CCCC[C@@H]2O)nc1. The van der Waals surface area contributed by atoms with Crippen molar-refractivity contribution < 1.29 is 9.90 Å². The Labute approximate surface area is 113 Å². The van der Waals surface area contributed by atoms with E-state index in [1.54, 1.807) is 32.4 Å². The molecule has 19 heavy (non-hydrogen) atoms. The number of aliphatic hydroxyl groups excluding tert-OH is 1. The van der Waals surface area contributed by atoms with Crippen LogP contribution in [0.15, 0.2) is 18.3 Å². The molecule has 1 aliphatic rings. The number of carbonyl (C=O) groups excluding carboxylic acids is 1. The lowest BCUT2D eigenvalue weighted by Gasteiger charge is -2.28. The molecular weight excluding hydrogens is 242 g/mol. The topological polar surface area (TPSA) is 65.5 Å². The second kappa shape index (κ2) is 6.02. The van der Waals surface area contributed by atoms with Crippen molar-refractivity contribution >= 4 is 11.7 Å². The Balaban J connectivity index is 2.00. The molecule has 104 valence electrons. The Kier molecular flexibility index (Phi) is 4.37. The average molecular weight is 263 g/mol. The van der Waals surface area contributed by atoms with Gasteiger partial charge in [-0.05, 0) is 25.0 Å². The maximum absolute atomic E-state index is 11.7. The largest absolute Gasteiger partial charge is 0.391 e. The molecule has 1 aromatic heterocycles. The van der Waals surface area contributed by atoms with Gasteiger partial charge in [0.15, 0.2) is 0 Å². The summed E-state index contributed by atoms with van der Waals surface area (Å²) in [6.45, 7) is 0. The molecule has 0 aliphatic heterocycles. The quantitative estimate of drug-likeness (QED) is 0.867. The Morgan fingerprint density at radius 3 is 2.68 bits per heavy atom. The summed E-state index contributed by atoms with van der Waals surface area (Å²) in [5, 5.41) is 13.1. The van der Waals surface area contributed by atoms with Gasteiger partial charge in [0.1, 0.15) is 5.82 Å². The first kappa shape index (κ1) is 13.8. The average Bonchev–Trinajstić information content (AvgIpc) is 2.41. The second-order valence-electron chi connectivity index (χ2n) is 5.23. The summed E-state index contributed by atoms with van der Waals surface area (Å²) in [4.78, 5) is 17.5. The van der Waals surface area contributed by atoms with E-state index in [1.807, 2.05) is 0 Å². The summed E-state index contributed by atoms with van der Waals surface area (Å²) in [6, 6.07) is 3.61. The van der Waals surface area contributed by atoms with E-state index in [-0.39, 0.29) is 18.1 Å². The predicted octanol–water partition coefficient (Wildman–Crippen LogP) is 1.50. The minimum Gasteiger partial charge on any atom is -0.391 e. The molecule has 1 saturated carbocycles. The Bertz CT molecular complexity index is 431. The zero-order valence-corrected chi connectivity index (χ0v) is 11.5. The van der Waals surface area contributed by atoms with Gasteiger partial charge in [-0.1, -0.05) is 12.8 Å². The van der Waals surface area contributed by atoms with E-state index in [1.165, 1.54) is 4.90 Å². The van der Waals surface area contributed by atoms with Gasteiger partial charge in [-0.3, -0.25) is 4.79 Å². The Morgan fingerprint density at radius 2 is 2.11 bits per heavy atom. The van der Waals surface area contributed by atoms with Gasteiger partial charge >= 0.3 is 0 Å². The van der Waals surface area contributed by atoms with Crippen molar-refractivity contribution in [1.29, 1.82) is 0 Å². The number of rotatable bonds is 3. The predicted molar refractivity (Wildman–Crippen MR) is 74.1 cm³/mol. The molecule has 0 unspecified atom stereocenters. The molecule has 2 atom stereocenters. The molecule has 1 aliphatic carbocycles. The van der Waals surface area contributed by atoms with Crippen LogP contribution in [-0.2, 0) is 0 Å². The molecular formula is C14H21N3O2. The van der Waals surface area contributed by atoms with Gasteiger partial charge in [0.05, 0.1) is 17.7 Å². The Hall–Kier alpha value is -1.62. The van der Waals surface area contributed by atoms with Crippen LogP contribution in [0.2, 0.25) is 0 Å². The minimum atomic E-state index is -0.307. The Morgan fingerprint density at radius 1 is 1.37 bits per heavy atom. The summed E-state index contributed by atoms with van der Waals surface area (Å²) < 4.78 is 0. The van der Waals surface area contributed by atoms with Crippen molar-refractivity contribution in [2.45, 2.75) is 37.8 Å². The smallest absolute Gasteiger partial charge is 0.254 e. The van der Waals surface area contributed by atoms with Crippen LogP contribution in [0.3, 0.4) is 0 Å². The molecule has 1 fully saturated rings. The lowest BCUT2D eigenvalue weighted by Crippen LogP contribution is -2.36. The molecule has 0 saturated heterocycles. The number of carbonyl (C=O) groups is 1. The van der Waals surface area contributed by atoms with Gasteiger partial charge in [-0.15, -0.1) is 0 Å². The van der Waals surface area contributed by atoms with Crippen LogP contribution >= 0.6 is 0 Å². The summed E-state index contributed by atoms with van der Waals surface area (Å²) >= 11 is 0. The van der Waals surface area contributed by atoms with Gasteiger partial charge in [0, 0.05) is 20.3 Å². The standard InChI is InChI=1S/C14H21N3O2/c1-17(2)14(19)10-7-8-13(15-9-10)16-11-5-3-4-6-12(11)18/h7-9,11-12,18H,3-6H2,1-2H3,(H,15,16)/t11-,12-/m0/s1. The highest BCUT2D eigenvalue weighted by molar-refractivity contribution is 5.93. The third-order valence-corrected chi connectivity index (χ3v) is 3.48. The fourth-order valence-electron chi connectivity index (χ4n) is 2.33. The maximum atomic E-state index is 11.7. The molecule has 2 N–H and O–H groups in total. The van der Waals surface area contributed by atoms with E-state index in [4.69, 9.17) is 0 Å². The van der Waals surface area contributed by atoms with E-state index >= 15 is 0 Å². The molecule has 0 spiro atoms. The first-order valence-electron chi connectivity index (χ1n) is 6.70. The molecule has 1 heterocycles. The van der Waals surface area contributed by atoms with E-state index in [9.17, 15) is 9.90 Å². The molecule has 0 bridgehead atoms. The van der Waals surface area contributed by atoms with Gasteiger partial charge in [-0.25, -0.2) is 4.98 Å². The van der Waals surface area contributed by atoms with Crippen molar-refractivity contribution in [3.05, 3.63) is 23.9 Å². The van der Waals surface area contributed by atoms with Gasteiger partial charge in [0.2, 0.25) is 0 Å². The number of amides is 1. The lowest BCUT2D eigenvalue weighted by atomic mass is 9.92. The van der Waals surface area contributed by atoms with E-state index < -0.39 is 0 Å². The van der Waals surface area contributed by atoms with Crippen molar-refractivity contribution in [1.82, 2.24) is 9.88 Å². The van der Waals surface area contributed by atoms with Crippen molar-refractivity contribution in [3.63, 3.8) is 0 Å². The fraction of sp³-hybridized carbons (Fsp3) is 0.571. The van der Waals surface area contributed by atoms with Crippen LogP contribution in [0.25, 0.3) is 0 Å². The first-order chi connectivity index (χ1) is 9.08. The summed E-state index contributed by atoms with van der Waals surface area (Å²) in [5.41, 5.74) is 0.569. The van der Waals surface area contributed by atoms with E-state index in [0.717, 1.165) is 25.7 Å². The van der Waals surface area contributed by atoms with E-state index in [0.29, 0.717) is 11.4 Å². The van der Waals surface area contributed by atoms with Crippen molar-refractivity contribution in [3.8, 4) is 0 Å². The normalized spacial score (nSPS) is 22.9. The molecule has 0 radical (unpaired) electrons. The zero-order valence-electron chi connectivity index (χ0n) is 11.5. The number of hydrogen-bond acceptors (Lipinski definition) is 4. The highest BCUT2D eigenvalue weighted by Crippen LogP contribution is 2.21. The number of aromatic nitrogens is 1. The molecule has 5 nitrogen and oxygen atoms in total. The van der Waals surface area contributed by atoms with Gasteiger partial charge in [-0.2, -0.15) is 0 Å². The highest BCUT2D eigenvalue weighted by atomic mass is 16.3. The molecule has 2 rings (SSSR count). The number of nitrogens with one attached hydrogen (secondary N) is 1. The van der Waals surface area contributed by atoms with Crippen LogP contribution in [0.4, 0.5) is 5.82 Å². The van der Waals surface area contributed by atoms with Crippen LogP contribution in [0.5, 0.6) is 0 Å². The third kappa shape index (κ3) is 3.44. The molecule has 1 amide bonds. The van der Waals surface area contributed by atoms with Crippen LogP contribution in [0, 0.1) is 0 Å². The maximum Gasteiger partial charge on any atom is 0.254 e. The third-order valence-electron chi connectivity index (χ3n) is 3.48. The number of pyridine rings is 1. The summed E-state index contributed by atoms with van der Waals surface area (Å²) in [5.74, 6) is 0.651. The monoisotopic (exact) mass is 263 g/mol. The van der Waals surface area contributed by atoms with Gasteiger partial charge < -0.3 is 15.3 Å². The molecule has 1 aromatic rings. The fourth-order valence-corrected chi connectivity index (χ4v) is 2.33. The summed E-state index contributed by atoms with van der Waals surface area (Å²) in [6.07, 6.45) is 5.28. The first-order valence-corrected chi connectivity index (χ1v) is 6.70.